The van der Waals surface area contributed by atoms with E-state index in [1.54, 1.807) is 66.7 Å². The van der Waals surface area contributed by atoms with Gasteiger partial charge in [-0.2, -0.15) is 0 Å². The number of hydrogen-bond donors (Lipinski definition) is 3. The molecule has 4 aromatic carbocycles. The van der Waals surface area contributed by atoms with Gasteiger partial charge in [0.25, 0.3) is 11.8 Å². The molecule has 3 amide bonds. The Morgan fingerprint density at radius 1 is 0.829 bits per heavy atom. The van der Waals surface area contributed by atoms with Crippen LogP contribution in [0.15, 0.2) is 114 Å². The summed E-state index contributed by atoms with van der Waals surface area (Å²) in [6, 6.07) is 30.4. The largest absolute Gasteiger partial charge is 0.321 e. The maximum Gasteiger partial charge on any atom is 0.272 e. The number of para-hydroxylation sites is 1. The number of nitrogens with zero attached hydrogens (tertiary/aromatic N) is 1. The summed E-state index contributed by atoms with van der Waals surface area (Å²) in [5.41, 5.74) is 2.59. The number of halogens is 1. The highest BCUT2D eigenvalue weighted by atomic mass is 35.5. The fourth-order valence-electron chi connectivity index (χ4n) is 3.73. The lowest BCUT2D eigenvalue weighted by Crippen LogP contribution is -2.30. The molecular formula is C31H23ClN4O3S2. The van der Waals surface area contributed by atoms with E-state index < -0.39 is 11.8 Å². The molecule has 0 saturated heterocycles. The molecule has 41 heavy (non-hydrogen) atoms. The summed E-state index contributed by atoms with van der Waals surface area (Å²) < 4.78 is 1.01. The Labute approximate surface area is 249 Å². The fourth-order valence-corrected chi connectivity index (χ4v) is 5.44. The number of rotatable bonds is 9. The van der Waals surface area contributed by atoms with Gasteiger partial charge in [0.2, 0.25) is 5.91 Å². The highest BCUT2D eigenvalue weighted by Crippen LogP contribution is 2.26. The quantitative estimate of drug-likeness (QED) is 0.124. The van der Waals surface area contributed by atoms with Crippen LogP contribution in [0.2, 0.25) is 5.02 Å². The van der Waals surface area contributed by atoms with Gasteiger partial charge in [-0.3, -0.25) is 14.4 Å². The Hall–Kier alpha value is -4.44. The van der Waals surface area contributed by atoms with Crippen molar-refractivity contribution in [1.82, 2.24) is 10.3 Å². The Balaban J connectivity index is 1.21. The normalized spacial score (nSPS) is 11.2. The van der Waals surface area contributed by atoms with E-state index >= 15 is 0 Å². The summed E-state index contributed by atoms with van der Waals surface area (Å²) in [6.07, 6.45) is 1.58. The first-order chi connectivity index (χ1) is 19.9. The van der Waals surface area contributed by atoms with E-state index in [9.17, 15) is 14.4 Å². The van der Waals surface area contributed by atoms with E-state index in [0.29, 0.717) is 27.0 Å². The van der Waals surface area contributed by atoms with Crippen molar-refractivity contribution in [2.75, 3.05) is 16.4 Å². The lowest BCUT2D eigenvalue weighted by molar-refractivity contribution is -0.114. The molecule has 0 radical (unpaired) electrons. The van der Waals surface area contributed by atoms with Gasteiger partial charge in [0.05, 0.1) is 16.0 Å². The molecule has 1 heterocycles. The third-order valence-electron chi connectivity index (χ3n) is 5.73. The Kier molecular flexibility index (Phi) is 9.10. The summed E-state index contributed by atoms with van der Waals surface area (Å²) in [6.45, 7) is 0. The number of aromatic nitrogens is 1. The number of nitrogens with one attached hydrogen (secondary N) is 3. The van der Waals surface area contributed by atoms with Crippen molar-refractivity contribution in [2.45, 2.75) is 4.90 Å². The van der Waals surface area contributed by atoms with E-state index in [4.69, 9.17) is 11.6 Å². The van der Waals surface area contributed by atoms with Gasteiger partial charge < -0.3 is 16.0 Å². The van der Waals surface area contributed by atoms with Crippen molar-refractivity contribution >= 4 is 79.5 Å². The first-order valence-corrected chi connectivity index (χ1v) is 14.6. The van der Waals surface area contributed by atoms with Crippen molar-refractivity contribution in [3.63, 3.8) is 0 Å². The molecule has 10 heteroatoms. The third kappa shape index (κ3) is 7.82. The van der Waals surface area contributed by atoms with E-state index in [1.807, 2.05) is 42.5 Å². The second-order valence-corrected chi connectivity index (χ2v) is 11.2. The van der Waals surface area contributed by atoms with Gasteiger partial charge in [-0.15, -0.1) is 11.8 Å². The highest BCUT2D eigenvalue weighted by molar-refractivity contribution is 8.00. The molecule has 0 aliphatic rings. The molecule has 0 saturated carbocycles. The van der Waals surface area contributed by atoms with Crippen molar-refractivity contribution in [3.05, 3.63) is 125 Å². The van der Waals surface area contributed by atoms with E-state index in [0.717, 1.165) is 15.1 Å². The Morgan fingerprint density at radius 3 is 2.27 bits per heavy atom. The van der Waals surface area contributed by atoms with Gasteiger partial charge in [-0.05, 0) is 72.3 Å². The molecule has 204 valence electrons. The van der Waals surface area contributed by atoms with Crippen LogP contribution in [0.1, 0.15) is 15.9 Å². The fraction of sp³-hybridized carbons (Fsp3) is 0.0323. The summed E-state index contributed by atoms with van der Waals surface area (Å²) in [4.78, 5) is 43.7. The van der Waals surface area contributed by atoms with Crippen LogP contribution in [0.5, 0.6) is 0 Å². The average Bonchev–Trinajstić information content (AvgIpc) is 3.40. The summed E-state index contributed by atoms with van der Waals surface area (Å²) in [5, 5.41) is 9.51. The number of carbonyl (C=O) groups excluding carboxylic acids is 3. The molecule has 0 aliphatic carbocycles. The van der Waals surface area contributed by atoms with Gasteiger partial charge in [0.1, 0.15) is 5.70 Å². The number of fused-ring (bicyclic) bond motifs is 1. The monoisotopic (exact) mass is 598 g/mol. The van der Waals surface area contributed by atoms with Gasteiger partial charge >= 0.3 is 0 Å². The molecule has 0 aliphatic heterocycles. The maximum absolute atomic E-state index is 13.2. The smallest absolute Gasteiger partial charge is 0.272 e. The van der Waals surface area contributed by atoms with Crippen molar-refractivity contribution in [1.29, 1.82) is 0 Å². The molecule has 5 rings (SSSR count). The number of benzene rings is 4. The lowest BCUT2D eigenvalue weighted by atomic mass is 10.1. The van der Waals surface area contributed by atoms with Gasteiger partial charge in [0.15, 0.2) is 5.13 Å². The van der Waals surface area contributed by atoms with Crippen LogP contribution in [-0.4, -0.2) is 28.5 Å². The zero-order valence-corrected chi connectivity index (χ0v) is 23.9. The maximum atomic E-state index is 13.2. The second-order valence-electron chi connectivity index (χ2n) is 8.73. The van der Waals surface area contributed by atoms with Gasteiger partial charge in [0, 0.05) is 21.2 Å². The minimum Gasteiger partial charge on any atom is -0.321 e. The molecule has 0 fully saturated rings. The zero-order chi connectivity index (χ0) is 28.6. The minimum atomic E-state index is -0.486. The summed E-state index contributed by atoms with van der Waals surface area (Å²) in [7, 11) is 0. The first-order valence-electron chi connectivity index (χ1n) is 12.5. The Bertz CT molecular complexity index is 1690. The predicted molar refractivity (Wildman–Crippen MR) is 167 cm³/mol. The van der Waals surface area contributed by atoms with Crippen LogP contribution in [0, 0.1) is 0 Å². The molecule has 0 unspecified atom stereocenters. The van der Waals surface area contributed by atoms with E-state index in [2.05, 4.69) is 20.9 Å². The molecule has 3 N–H and O–H groups in total. The number of anilines is 2. The Morgan fingerprint density at radius 2 is 1.54 bits per heavy atom. The number of hydrogen-bond acceptors (Lipinski definition) is 6. The predicted octanol–water partition coefficient (Wildman–Crippen LogP) is 7.09. The van der Waals surface area contributed by atoms with E-state index in [-0.39, 0.29) is 17.4 Å². The topological polar surface area (TPSA) is 100 Å². The zero-order valence-electron chi connectivity index (χ0n) is 21.5. The van der Waals surface area contributed by atoms with Gasteiger partial charge in [-0.25, -0.2) is 4.98 Å². The van der Waals surface area contributed by atoms with E-state index in [1.165, 1.54) is 23.1 Å². The van der Waals surface area contributed by atoms with Crippen LogP contribution in [0.25, 0.3) is 16.3 Å². The first kappa shape index (κ1) is 28.1. The third-order valence-corrected chi connectivity index (χ3v) is 7.95. The molecule has 1 aromatic heterocycles. The van der Waals surface area contributed by atoms with Crippen molar-refractivity contribution in [3.8, 4) is 0 Å². The standard InChI is InChI=1S/C31H23ClN4O3S2/c32-22-12-10-20(11-13-22)18-26(34-29(38)21-6-2-1-3-7-21)30(39)33-23-14-16-24(17-15-23)40-19-28(37)36-31-35-25-8-4-5-9-27(25)41-31/h1-18H,19H2,(H,33,39)(H,34,38)(H,35,36,37)/b26-18-. The van der Waals surface area contributed by atoms with Crippen LogP contribution >= 0.6 is 34.7 Å². The molecule has 5 aromatic rings. The highest BCUT2D eigenvalue weighted by Gasteiger charge is 2.15. The van der Waals surface area contributed by atoms with Crippen LogP contribution in [-0.2, 0) is 9.59 Å². The molecule has 0 spiro atoms. The molecular weight excluding hydrogens is 576 g/mol. The SMILES string of the molecule is O=C(CSc1ccc(NC(=O)/C(=C/c2ccc(Cl)cc2)NC(=O)c2ccccc2)cc1)Nc1nc2ccccc2s1. The van der Waals surface area contributed by atoms with Crippen molar-refractivity contribution < 1.29 is 14.4 Å². The number of carbonyl (C=O) groups is 3. The average molecular weight is 599 g/mol. The van der Waals surface area contributed by atoms with Crippen molar-refractivity contribution in [2.24, 2.45) is 0 Å². The summed E-state index contributed by atoms with van der Waals surface area (Å²) >= 11 is 8.79. The second kappa shape index (κ2) is 13.3. The van der Waals surface area contributed by atoms with Crippen LogP contribution in [0.3, 0.4) is 0 Å². The van der Waals surface area contributed by atoms with Crippen LogP contribution in [0.4, 0.5) is 10.8 Å². The summed E-state index contributed by atoms with van der Waals surface area (Å²) in [5.74, 6) is -0.838. The number of thioether (sulfide) groups is 1. The number of thiazole rings is 1. The van der Waals surface area contributed by atoms with Crippen LogP contribution < -0.4 is 16.0 Å². The molecule has 0 bridgehead atoms. The molecule has 0 atom stereocenters. The molecule has 7 nitrogen and oxygen atoms in total. The number of amides is 3. The van der Waals surface area contributed by atoms with Gasteiger partial charge in [-0.1, -0.05) is 65.4 Å². The minimum absolute atomic E-state index is 0.0751. The lowest BCUT2D eigenvalue weighted by Gasteiger charge is -2.12.